The highest BCUT2D eigenvalue weighted by molar-refractivity contribution is 9.10. The lowest BCUT2D eigenvalue weighted by Crippen LogP contribution is -2.05. The van der Waals surface area contributed by atoms with E-state index in [0.29, 0.717) is 13.2 Å². The maximum absolute atomic E-state index is 5.87. The van der Waals surface area contributed by atoms with Gasteiger partial charge in [0.2, 0.25) is 0 Å². The van der Waals surface area contributed by atoms with Gasteiger partial charge >= 0.3 is 0 Å². The standard InChI is InChI=1S/C15H17BrN2O/c1-11-6-12(9-18-8-11)10-19-15-3-2-14(16)7-13(15)4-5-17/h2-3,6-9H,4-5,10,17H2,1H3. The number of halogens is 1. The fourth-order valence-corrected chi connectivity index (χ4v) is 2.31. The molecule has 0 bridgehead atoms. The van der Waals surface area contributed by atoms with Crippen LogP contribution in [-0.4, -0.2) is 11.5 Å². The third kappa shape index (κ3) is 4.04. The first-order chi connectivity index (χ1) is 9.19. The lowest BCUT2D eigenvalue weighted by Gasteiger charge is -2.11. The van der Waals surface area contributed by atoms with Gasteiger partial charge in [0.05, 0.1) is 0 Å². The van der Waals surface area contributed by atoms with Gasteiger partial charge in [0.1, 0.15) is 12.4 Å². The lowest BCUT2D eigenvalue weighted by molar-refractivity contribution is 0.302. The molecule has 0 aliphatic heterocycles. The van der Waals surface area contributed by atoms with Gasteiger partial charge < -0.3 is 10.5 Å². The summed E-state index contributed by atoms with van der Waals surface area (Å²) in [6, 6.07) is 8.08. The Morgan fingerprint density at radius 3 is 2.84 bits per heavy atom. The quantitative estimate of drug-likeness (QED) is 0.920. The van der Waals surface area contributed by atoms with E-state index in [2.05, 4.69) is 33.0 Å². The van der Waals surface area contributed by atoms with Crippen molar-refractivity contribution in [2.24, 2.45) is 5.73 Å². The second-order valence-electron chi connectivity index (χ2n) is 4.45. The largest absolute Gasteiger partial charge is 0.489 e. The van der Waals surface area contributed by atoms with E-state index in [1.807, 2.05) is 31.5 Å². The van der Waals surface area contributed by atoms with E-state index in [9.17, 15) is 0 Å². The Morgan fingerprint density at radius 2 is 2.11 bits per heavy atom. The number of benzene rings is 1. The number of pyridine rings is 1. The number of nitrogens with two attached hydrogens (primary N) is 1. The first kappa shape index (κ1) is 14.0. The minimum Gasteiger partial charge on any atom is -0.489 e. The summed E-state index contributed by atoms with van der Waals surface area (Å²) in [6.07, 6.45) is 4.47. The van der Waals surface area contributed by atoms with Crippen LogP contribution in [-0.2, 0) is 13.0 Å². The van der Waals surface area contributed by atoms with Crippen molar-refractivity contribution in [1.29, 1.82) is 0 Å². The molecule has 0 amide bonds. The molecule has 0 aliphatic rings. The van der Waals surface area contributed by atoms with Gasteiger partial charge in [0.25, 0.3) is 0 Å². The van der Waals surface area contributed by atoms with E-state index in [0.717, 1.165) is 33.3 Å². The number of rotatable bonds is 5. The topological polar surface area (TPSA) is 48.1 Å². The highest BCUT2D eigenvalue weighted by Gasteiger charge is 2.05. The van der Waals surface area contributed by atoms with Crippen LogP contribution in [0.2, 0.25) is 0 Å². The highest BCUT2D eigenvalue weighted by Crippen LogP contribution is 2.24. The molecule has 2 rings (SSSR count). The van der Waals surface area contributed by atoms with E-state index in [1.165, 1.54) is 0 Å². The molecule has 100 valence electrons. The fourth-order valence-electron chi connectivity index (χ4n) is 1.90. The molecule has 0 aliphatic carbocycles. The summed E-state index contributed by atoms with van der Waals surface area (Å²) in [6.45, 7) is 3.16. The molecule has 0 saturated carbocycles. The average molecular weight is 321 g/mol. The molecule has 0 spiro atoms. The van der Waals surface area contributed by atoms with Crippen molar-refractivity contribution >= 4 is 15.9 Å². The van der Waals surface area contributed by atoms with Gasteiger partial charge in [-0.2, -0.15) is 0 Å². The summed E-state index contributed by atoms with van der Waals surface area (Å²) in [5.41, 5.74) is 8.96. The predicted molar refractivity (Wildman–Crippen MR) is 80.2 cm³/mol. The van der Waals surface area contributed by atoms with Crippen LogP contribution in [0.15, 0.2) is 41.1 Å². The second-order valence-corrected chi connectivity index (χ2v) is 5.37. The van der Waals surface area contributed by atoms with Crippen molar-refractivity contribution in [3.8, 4) is 5.75 Å². The minimum atomic E-state index is 0.522. The van der Waals surface area contributed by atoms with Crippen molar-refractivity contribution in [2.45, 2.75) is 20.0 Å². The van der Waals surface area contributed by atoms with E-state index in [4.69, 9.17) is 10.5 Å². The third-order valence-corrected chi connectivity index (χ3v) is 3.26. The molecule has 2 aromatic rings. The Balaban J connectivity index is 2.10. The molecule has 19 heavy (non-hydrogen) atoms. The van der Waals surface area contributed by atoms with Crippen molar-refractivity contribution in [3.63, 3.8) is 0 Å². The Labute approximate surface area is 121 Å². The maximum Gasteiger partial charge on any atom is 0.123 e. The smallest absolute Gasteiger partial charge is 0.123 e. The zero-order valence-electron chi connectivity index (χ0n) is 10.9. The van der Waals surface area contributed by atoms with E-state index in [-0.39, 0.29) is 0 Å². The second kappa shape index (κ2) is 6.68. The minimum absolute atomic E-state index is 0.522. The molecule has 0 atom stereocenters. The van der Waals surface area contributed by atoms with Crippen LogP contribution < -0.4 is 10.5 Å². The predicted octanol–water partition coefficient (Wildman–Crippen LogP) is 3.23. The number of aromatic nitrogens is 1. The summed E-state index contributed by atoms with van der Waals surface area (Å²) in [7, 11) is 0. The van der Waals surface area contributed by atoms with Crippen molar-refractivity contribution in [2.75, 3.05) is 6.54 Å². The van der Waals surface area contributed by atoms with Gasteiger partial charge in [-0.25, -0.2) is 0 Å². The maximum atomic E-state index is 5.87. The number of ether oxygens (including phenoxy) is 1. The number of nitrogens with zero attached hydrogens (tertiary/aromatic N) is 1. The van der Waals surface area contributed by atoms with E-state index in [1.54, 1.807) is 0 Å². The molecule has 0 fully saturated rings. The first-order valence-electron chi connectivity index (χ1n) is 6.21. The van der Waals surface area contributed by atoms with Crippen LogP contribution in [0.4, 0.5) is 0 Å². The molecule has 1 aromatic heterocycles. The van der Waals surface area contributed by atoms with Crippen molar-refractivity contribution < 1.29 is 4.74 Å². The molecule has 4 heteroatoms. The highest BCUT2D eigenvalue weighted by atomic mass is 79.9. The van der Waals surface area contributed by atoms with Crippen LogP contribution in [0, 0.1) is 6.92 Å². The molecule has 3 nitrogen and oxygen atoms in total. The summed E-state index contributed by atoms with van der Waals surface area (Å²) < 4.78 is 6.91. The number of hydrogen-bond acceptors (Lipinski definition) is 3. The molecule has 0 radical (unpaired) electrons. The van der Waals surface area contributed by atoms with Gasteiger partial charge in [-0.05, 0) is 55.3 Å². The third-order valence-electron chi connectivity index (χ3n) is 2.76. The zero-order chi connectivity index (χ0) is 13.7. The lowest BCUT2D eigenvalue weighted by atomic mass is 10.1. The molecule has 1 heterocycles. The normalized spacial score (nSPS) is 10.5. The molecule has 2 N–H and O–H groups in total. The average Bonchev–Trinajstić information content (AvgIpc) is 2.38. The van der Waals surface area contributed by atoms with Gasteiger partial charge in [-0.3, -0.25) is 4.98 Å². The first-order valence-corrected chi connectivity index (χ1v) is 7.00. The molecule has 0 unspecified atom stereocenters. The van der Waals surface area contributed by atoms with Crippen molar-refractivity contribution in [1.82, 2.24) is 4.98 Å². The summed E-state index contributed by atoms with van der Waals surface area (Å²) in [4.78, 5) is 4.16. The fraction of sp³-hybridized carbons (Fsp3) is 0.267. The van der Waals surface area contributed by atoms with Crippen LogP contribution >= 0.6 is 15.9 Å². The van der Waals surface area contributed by atoms with Gasteiger partial charge in [-0.1, -0.05) is 15.9 Å². The Bertz CT molecular complexity index is 558. The van der Waals surface area contributed by atoms with Crippen molar-refractivity contribution in [3.05, 3.63) is 57.8 Å². The van der Waals surface area contributed by atoms with Crippen LogP contribution in [0.25, 0.3) is 0 Å². The monoisotopic (exact) mass is 320 g/mol. The molecular weight excluding hydrogens is 304 g/mol. The SMILES string of the molecule is Cc1cncc(COc2ccc(Br)cc2CCN)c1. The van der Waals surface area contributed by atoms with E-state index >= 15 is 0 Å². The Morgan fingerprint density at radius 1 is 1.26 bits per heavy atom. The molecule has 1 aromatic carbocycles. The zero-order valence-corrected chi connectivity index (χ0v) is 12.5. The number of aryl methyl sites for hydroxylation is 1. The van der Waals surface area contributed by atoms with Gasteiger partial charge in [-0.15, -0.1) is 0 Å². The molecular formula is C15H17BrN2O. The van der Waals surface area contributed by atoms with Crippen LogP contribution in [0.3, 0.4) is 0 Å². The van der Waals surface area contributed by atoms with E-state index < -0.39 is 0 Å². The summed E-state index contributed by atoms with van der Waals surface area (Å²) in [5.74, 6) is 0.884. The number of hydrogen-bond donors (Lipinski definition) is 1. The summed E-state index contributed by atoms with van der Waals surface area (Å²) in [5, 5.41) is 0. The Kier molecular flexibility index (Phi) is 4.93. The van der Waals surface area contributed by atoms with Gasteiger partial charge in [0, 0.05) is 22.4 Å². The van der Waals surface area contributed by atoms with Gasteiger partial charge in [0.15, 0.2) is 0 Å². The molecule has 0 saturated heterocycles. The summed E-state index contributed by atoms with van der Waals surface area (Å²) >= 11 is 3.47. The van der Waals surface area contributed by atoms with Crippen LogP contribution in [0.1, 0.15) is 16.7 Å². The Hall–Kier alpha value is -1.39. The van der Waals surface area contributed by atoms with Crippen LogP contribution in [0.5, 0.6) is 5.75 Å².